The maximum absolute atomic E-state index is 11.7. The lowest BCUT2D eigenvalue weighted by Crippen LogP contribution is -2.24. The van der Waals surface area contributed by atoms with Crippen molar-refractivity contribution in [3.05, 3.63) is 52.0 Å². The van der Waals surface area contributed by atoms with Crippen molar-refractivity contribution in [2.75, 3.05) is 5.75 Å². The third-order valence-corrected chi connectivity index (χ3v) is 4.63. The summed E-state index contributed by atoms with van der Waals surface area (Å²) < 4.78 is 0. The molecule has 0 saturated heterocycles. The number of hydrogen-bond acceptors (Lipinski definition) is 5. The minimum Gasteiger partial charge on any atom is -0.477 e. The predicted octanol–water partition coefficient (Wildman–Crippen LogP) is 2.39. The molecule has 0 aliphatic carbocycles. The molecule has 0 saturated carbocycles. The summed E-state index contributed by atoms with van der Waals surface area (Å²) in [5, 5.41) is 13.5. The van der Waals surface area contributed by atoms with Gasteiger partial charge in [-0.15, -0.1) is 23.1 Å². The predicted molar refractivity (Wildman–Crippen MR) is 83.5 cm³/mol. The zero-order valence-electron chi connectivity index (χ0n) is 11.1. The second-order valence-corrected chi connectivity index (χ2v) is 6.22. The number of carboxylic acid groups (broad SMARTS) is 1. The minimum atomic E-state index is -1.06. The Bertz CT molecular complexity index is 597. The van der Waals surface area contributed by atoms with E-state index in [4.69, 9.17) is 5.11 Å². The van der Waals surface area contributed by atoms with Crippen LogP contribution in [0.1, 0.15) is 20.9 Å². The highest BCUT2D eigenvalue weighted by Crippen LogP contribution is 2.16. The number of hydrogen-bond donors (Lipinski definition) is 2. The summed E-state index contributed by atoms with van der Waals surface area (Å²) in [7, 11) is 0. The Kier molecular flexibility index (Phi) is 5.77. The van der Waals surface area contributed by atoms with Gasteiger partial charge in [0.2, 0.25) is 5.91 Å². The number of carbonyl (C=O) groups is 2. The molecule has 0 aliphatic heterocycles. The molecule has 0 fully saturated rings. The quantitative estimate of drug-likeness (QED) is 0.818. The van der Waals surface area contributed by atoms with Crippen molar-refractivity contribution in [2.45, 2.75) is 12.3 Å². The lowest BCUT2D eigenvalue weighted by atomic mass is 10.2. The van der Waals surface area contributed by atoms with Crippen LogP contribution in [0.4, 0.5) is 0 Å². The van der Waals surface area contributed by atoms with E-state index < -0.39 is 5.97 Å². The number of aromatic nitrogens is 1. The van der Waals surface area contributed by atoms with Crippen LogP contribution in [0.25, 0.3) is 0 Å². The summed E-state index contributed by atoms with van der Waals surface area (Å²) >= 11 is 3.25. The van der Waals surface area contributed by atoms with Crippen LogP contribution in [-0.4, -0.2) is 27.7 Å². The molecule has 2 heterocycles. The largest absolute Gasteiger partial charge is 0.477 e. The first-order valence-corrected chi connectivity index (χ1v) is 8.23. The minimum absolute atomic E-state index is 0.00317. The fraction of sp³-hybridized carbons (Fsp3) is 0.214. The first-order valence-electron chi connectivity index (χ1n) is 6.20. The van der Waals surface area contributed by atoms with Gasteiger partial charge in [0.25, 0.3) is 0 Å². The van der Waals surface area contributed by atoms with E-state index >= 15 is 0 Å². The highest BCUT2D eigenvalue weighted by molar-refractivity contribution is 7.99. The Hall–Kier alpha value is -1.86. The van der Waals surface area contributed by atoms with Crippen molar-refractivity contribution < 1.29 is 14.7 Å². The Labute approximate surface area is 130 Å². The molecule has 5 nitrogen and oxygen atoms in total. The van der Waals surface area contributed by atoms with E-state index in [9.17, 15) is 9.59 Å². The number of nitrogens with one attached hydrogen (secondary N) is 1. The standard InChI is InChI=1S/C14H14N2O3S2/c17-13(9-20-8-11-2-1-5-21-11)16-7-10-3-4-12(14(18)19)15-6-10/h1-6H,7-9H2,(H,16,17)(H,18,19). The van der Waals surface area contributed by atoms with Gasteiger partial charge in [-0.1, -0.05) is 12.1 Å². The molecular formula is C14H14N2O3S2. The van der Waals surface area contributed by atoms with Gasteiger partial charge in [-0.3, -0.25) is 4.79 Å². The Morgan fingerprint density at radius 1 is 1.33 bits per heavy atom. The Balaban J connectivity index is 1.69. The smallest absolute Gasteiger partial charge is 0.354 e. The third kappa shape index (κ3) is 5.20. The van der Waals surface area contributed by atoms with Crippen molar-refractivity contribution in [3.8, 4) is 0 Å². The summed E-state index contributed by atoms with van der Waals surface area (Å²) in [6, 6.07) is 7.12. The highest BCUT2D eigenvalue weighted by Gasteiger charge is 2.05. The van der Waals surface area contributed by atoms with E-state index in [0.29, 0.717) is 12.3 Å². The first-order chi connectivity index (χ1) is 10.1. The van der Waals surface area contributed by atoms with Crippen LogP contribution in [0.3, 0.4) is 0 Å². The molecule has 2 aromatic heterocycles. The van der Waals surface area contributed by atoms with Gasteiger partial charge in [0.05, 0.1) is 5.75 Å². The Morgan fingerprint density at radius 3 is 2.81 bits per heavy atom. The maximum Gasteiger partial charge on any atom is 0.354 e. The number of aromatic carboxylic acids is 1. The molecule has 0 aromatic carbocycles. The van der Waals surface area contributed by atoms with Gasteiger partial charge >= 0.3 is 5.97 Å². The normalized spacial score (nSPS) is 10.3. The van der Waals surface area contributed by atoms with Crippen LogP contribution in [0, 0.1) is 0 Å². The van der Waals surface area contributed by atoms with E-state index in [1.54, 1.807) is 29.2 Å². The van der Waals surface area contributed by atoms with Gasteiger partial charge in [-0.2, -0.15) is 0 Å². The number of pyridine rings is 1. The van der Waals surface area contributed by atoms with E-state index in [1.807, 2.05) is 17.5 Å². The van der Waals surface area contributed by atoms with E-state index in [-0.39, 0.29) is 11.6 Å². The number of amides is 1. The SMILES string of the molecule is O=C(CSCc1cccs1)NCc1ccc(C(=O)O)nc1. The van der Waals surface area contributed by atoms with Gasteiger partial charge < -0.3 is 10.4 Å². The molecule has 1 amide bonds. The number of carbonyl (C=O) groups excluding carboxylic acids is 1. The van der Waals surface area contributed by atoms with Crippen LogP contribution in [0.15, 0.2) is 35.8 Å². The molecular weight excluding hydrogens is 308 g/mol. The number of rotatable bonds is 7. The van der Waals surface area contributed by atoms with Crippen molar-refractivity contribution in [3.63, 3.8) is 0 Å². The van der Waals surface area contributed by atoms with Crippen molar-refractivity contribution in [1.29, 1.82) is 0 Å². The van der Waals surface area contributed by atoms with Crippen LogP contribution in [0.5, 0.6) is 0 Å². The van der Waals surface area contributed by atoms with Gasteiger partial charge in [0.15, 0.2) is 0 Å². The second-order valence-electron chi connectivity index (χ2n) is 4.21. The van der Waals surface area contributed by atoms with Gasteiger partial charge in [-0.05, 0) is 23.1 Å². The molecule has 2 rings (SSSR count). The topological polar surface area (TPSA) is 79.3 Å². The van der Waals surface area contributed by atoms with Gasteiger partial charge in [-0.25, -0.2) is 9.78 Å². The lowest BCUT2D eigenvalue weighted by molar-refractivity contribution is -0.118. The number of carboxylic acids is 1. The maximum atomic E-state index is 11.7. The molecule has 7 heteroatoms. The lowest BCUT2D eigenvalue weighted by Gasteiger charge is -2.05. The second kappa shape index (κ2) is 7.80. The summed E-state index contributed by atoms with van der Waals surface area (Å²) in [5.74, 6) is 0.132. The molecule has 110 valence electrons. The van der Waals surface area contributed by atoms with Gasteiger partial charge in [0, 0.05) is 23.4 Å². The fourth-order valence-electron chi connectivity index (χ4n) is 1.55. The highest BCUT2D eigenvalue weighted by atomic mass is 32.2. The molecule has 21 heavy (non-hydrogen) atoms. The monoisotopic (exact) mass is 322 g/mol. The van der Waals surface area contributed by atoms with Crippen LogP contribution < -0.4 is 5.32 Å². The van der Waals surface area contributed by atoms with Crippen LogP contribution in [0.2, 0.25) is 0 Å². The van der Waals surface area contributed by atoms with Crippen LogP contribution >= 0.6 is 23.1 Å². The van der Waals surface area contributed by atoms with E-state index in [1.165, 1.54) is 17.1 Å². The van der Waals surface area contributed by atoms with Crippen molar-refractivity contribution in [1.82, 2.24) is 10.3 Å². The number of thiophene rings is 1. The molecule has 2 N–H and O–H groups in total. The number of nitrogens with zero attached hydrogens (tertiary/aromatic N) is 1. The molecule has 0 unspecified atom stereocenters. The molecule has 0 spiro atoms. The molecule has 0 atom stereocenters. The average Bonchev–Trinajstić information content (AvgIpc) is 2.99. The van der Waals surface area contributed by atoms with E-state index in [2.05, 4.69) is 10.3 Å². The van der Waals surface area contributed by atoms with E-state index in [0.717, 1.165) is 11.3 Å². The molecule has 2 aromatic rings. The van der Waals surface area contributed by atoms with Crippen LogP contribution in [-0.2, 0) is 17.1 Å². The zero-order valence-corrected chi connectivity index (χ0v) is 12.7. The third-order valence-electron chi connectivity index (χ3n) is 2.59. The van der Waals surface area contributed by atoms with Crippen molar-refractivity contribution >= 4 is 35.0 Å². The number of thioether (sulfide) groups is 1. The summed E-state index contributed by atoms with van der Waals surface area (Å²) in [6.07, 6.45) is 1.46. The zero-order chi connectivity index (χ0) is 15.1. The summed E-state index contributed by atoms with van der Waals surface area (Å²) in [4.78, 5) is 27.4. The molecule has 0 radical (unpaired) electrons. The van der Waals surface area contributed by atoms with Gasteiger partial charge in [0.1, 0.15) is 5.69 Å². The summed E-state index contributed by atoms with van der Waals surface area (Å²) in [5.41, 5.74) is 0.771. The van der Waals surface area contributed by atoms with Crippen molar-refractivity contribution in [2.24, 2.45) is 0 Å². The Morgan fingerprint density at radius 2 is 2.19 bits per heavy atom. The fourth-order valence-corrected chi connectivity index (χ4v) is 3.24. The molecule has 0 bridgehead atoms. The molecule has 0 aliphatic rings. The average molecular weight is 322 g/mol. The first kappa shape index (κ1) is 15.5. The summed E-state index contributed by atoms with van der Waals surface area (Å²) in [6.45, 7) is 0.352.